The zero-order valence-electron chi connectivity index (χ0n) is 28.8. The fraction of sp³-hybridized carbons (Fsp3) is 0.700. The molecular weight excluding hydrogens is 704 g/mol. The predicted molar refractivity (Wildman–Crippen MR) is 197 cm³/mol. The Morgan fingerprint density at radius 1 is 0.500 bits per heavy atom. The number of para-hydroxylation sites is 2. The second-order valence-electron chi connectivity index (χ2n) is 14.2. The lowest BCUT2D eigenvalue weighted by molar-refractivity contribution is -0.0472. The minimum Gasteiger partial charge on any atom is -0.493 e. The molecule has 0 radical (unpaired) electrons. The summed E-state index contributed by atoms with van der Waals surface area (Å²) in [6.45, 7) is 12.0. The molecule has 2 fully saturated rings. The van der Waals surface area contributed by atoms with E-state index in [0.717, 1.165) is 115 Å². The van der Waals surface area contributed by atoms with Gasteiger partial charge in [-0.05, 0) is 123 Å². The number of fused-ring (bicyclic) bond motifs is 8. The minimum absolute atomic E-state index is 0.201. The predicted octanol–water partition coefficient (Wildman–Crippen LogP) is 10.3. The Hall–Kier alpha value is -1.08. The van der Waals surface area contributed by atoms with Crippen LogP contribution in [0.15, 0.2) is 36.4 Å². The summed E-state index contributed by atoms with van der Waals surface area (Å²) >= 11 is 8.24. The van der Waals surface area contributed by atoms with E-state index in [4.69, 9.17) is 18.9 Å². The van der Waals surface area contributed by atoms with Gasteiger partial charge >= 0.3 is 0 Å². The molecule has 0 amide bonds. The molecule has 0 heterocycles. The summed E-state index contributed by atoms with van der Waals surface area (Å²) in [5.74, 6) is 3.91. The molecule has 3 aliphatic carbocycles. The van der Waals surface area contributed by atoms with Crippen molar-refractivity contribution in [3.63, 3.8) is 0 Å². The van der Waals surface area contributed by atoms with Gasteiger partial charge in [0.15, 0.2) is 0 Å². The van der Waals surface area contributed by atoms with Gasteiger partial charge in [-0.25, -0.2) is 0 Å². The number of ether oxygens (including phenoxy) is 4. The van der Waals surface area contributed by atoms with Crippen molar-refractivity contribution in [2.75, 3.05) is 26.4 Å². The zero-order chi connectivity index (χ0) is 32.5. The molecule has 8 bridgehead atoms. The van der Waals surface area contributed by atoms with Crippen LogP contribution in [-0.4, -0.2) is 48.3 Å². The lowest BCUT2D eigenvalue weighted by Gasteiger charge is -2.42. The molecule has 4 nitrogen and oxygen atoms in total. The van der Waals surface area contributed by atoms with Gasteiger partial charge in [-0.2, -0.15) is 0 Å². The first-order chi connectivity index (χ1) is 22.4. The number of hydrogen-bond acceptors (Lipinski definition) is 4. The third-order valence-electron chi connectivity index (χ3n) is 10.3. The summed E-state index contributed by atoms with van der Waals surface area (Å²) in [7, 11) is 0. The fourth-order valence-electron chi connectivity index (χ4n) is 8.49. The van der Waals surface area contributed by atoms with Crippen molar-refractivity contribution < 1.29 is 18.9 Å². The highest BCUT2D eigenvalue weighted by Gasteiger charge is 2.41. The molecule has 2 saturated carbocycles. The van der Waals surface area contributed by atoms with Gasteiger partial charge in [0.2, 0.25) is 0 Å². The van der Waals surface area contributed by atoms with Gasteiger partial charge in [0.25, 0.3) is 0 Å². The van der Waals surface area contributed by atoms with E-state index in [9.17, 15) is 0 Å². The molecule has 2 aromatic rings. The minimum atomic E-state index is 0.201. The topological polar surface area (TPSA) is 36.9 Å². The molecule has 0 saturated heterocycles. The first-order valence-corrected chi connectivity index (χ1v) is 20.3. The molecule has 4 unspecified atom stereocenters. The van der Waals surface area contributed by atoms with E-state index in [2.05, 4.69) is 96.0 Å². The van der Waals surface area contributed by atoms with Gasteiger partial charge in [0.1, 0.15) is 11.5 Å². The first kappa shape index (κ1) is 36.2. The van der Waals surface area contributed by atoms with Crippen molar-refractivity contribution >= 4 is 31.9 Å². The van der Waals surface area contributed by atoms with Crippen LogP contribution in [0.5, 0.6) is 11.5 Å². The van der Waals surface area contributed by atoms with Gasteiger partial charge in [-0.1, -0.05) is 96.0 Å². The van der Waals surface area contributed by atoms with Crippen molar-refractivity contribution in [2.24, 2.45) is 23.7 Å². The highest BCUT2D eigenvalue weighted by Crippen LogP contribution is 2.45. The second-order valence-corrected chi connectivity index (χ2v) is 16.8. The smallest absolute Gasteiger partial charge is 0.125 e. The number of benzene rings is 2. The van der Waals surface area contributed by atoms with Gasteiger partial charge in [0, 0.05) is 22.9 Å². The van der Waals surface area contributed by atoms with Crippen LogP contribution in [0.4, 0.5) is 0 Å². The molecule has 256 valence electrons. The maximum atomic E-state index is 6.84. The molecule has 46 heavy (non-hydrogen) atoms. The van der Waals surface area contributed by atoms with E-state index in [1.54, 1.807) is 0 Å². The summed E-state index contributed by atoms with van der Waals surface area (Å²) < 4.78 is 27.1. The third kappa shape index (κ3) is 9.12. The zero-order valence-corrected chi connectivity index (χ0v) is 32.0. The summed E-state index contributed by atoms with van der Waals surface area (Å²) in [4.78, 5) is 0.946. The van der Waals surface area contributed by atoms with Crippen molar-refractivity contribution in [2.45, 2.75) is 127 Å². The molecule has 3 aliphatic rings. The van der Waals surface area contributed by atoms with Gasteiger partial charge in [-0.15, -0.1) is 0 Å². The maximum Gasteiger partial charge on any atom is 0.125 e. The maximum absolute atomic E-state index is 6.84. The van der Waals surface area contributed by atoms with Crippen LogP contribution in [-0.2, 0) is 35.2 Å². The van der Waals surface area contributed by atoms with Crippen LogP contribution in [0.2, 0.25) is 0 Å². The largest absolute Gasteiger partial charge is 0.493 e. The SMILES string of the molecule is CCCOc1c2cccc1CC1CC(Br)CC(Cc3cccc(c3OCCC)CC3CC(Br)CC(C2)C3OCCC)C1OCCC. The van der Waals surface area contributed by atoms with Crippen molar-refractivity contribution in [3.8, 4) is 11.5 Å². The van der Waals surface area contributed by atoms with Gasteiger partial charge < -0.3 is 18.9 Å². The highest BCUT2D eigenvalue weighted by molar-refractivity contribution is 9.09. The summed E-state index contributed by atoms with van der Waals surface area (Å²) in [5.41, 5.74) is 5.37. The lowest BCUT2D eigenvalue weighted by atomic mass is 9.71. The normalized spacial score (nSPS) is 29.7. The Kier molecular flexibility index (Phi) is 14.2. The number of rotatable bonds is 12. The van der Waals surface area contributed by atoms with E-state index in [0.29, 0.717) is 33.3 Å². The molecule has 0 aliphatic heterocycles. The Balaban J connectivity index is 1.64. The van der Waals surface area contributed by atoms with Crippen molar-refractivity contribution in [1.82, 2.24) is 0 Å². The van der Waals surface area contributed by atoms with Crippen LogP contribution in [0.3, 0.4) is 0 Å². The Bertz CT molecular complexity index is 1060. The molecule has 4 atom stereocenters. The standard InChI is InChI=1S/C40H58Br2O4/c1-5-15-43-37-27-11-9-12-28(37)20-32-24-36(42)26-34(40(32)46-18-8-4)22-30-14-10-13-29(38(30)44-16-6-2)21-33-25-35(41)23-31(19-27)39(33)45-17-7-3/h9-14,31-36,39-40H,5-8,15-26H2,1-4H3. The second kappa shape index (κ2) is 18.1. The fourth-order valence-corrected chi connectivity index (χ4v) is 10.4. The Labute approximate surface area is 296 Å². The number of alkyl halides is 2. The van der Waals surface area contributed by atoms with E-state index < -0.39 is 0 Å². The monoisotopic (exact) mass is 760 g/mol. The van der Waals surface area contributed by atoms with E-state index in [1.165, 1.54) is 22.3 Å². The molecule has 6 heteroatoms. The molecular formula is C40H58Br2O4. The van der Waals surface area contributed by atoms with Crippen LogP contribution < -0.4 is 9.47 Å². The summed E-state index contributed by atoms with van der Waals surface area (Å²) in [6.07, 6.45) is 12.8. The number of hydrogen-bond donors (Lipinski definition) is 0. The number of halogens is 2. The lowest BCUT2D eigenvalue weighted by Crippen LogP contribution is -2.42. The highest BCUT2D eigenvalue weighted by atomic mass is 79.9. The molecule has 2 aromatic carbocycles. The molecule has 0 spiro atoms. The van der Waals surface area contributed by atoms with Crippen molar-refractivity contribution in [1.29, 1.82) is 0 Å². The third-order valence-corrected chi connectivity index (χ3v) is 11.8. The van der Waals surface area contributed by atoms with E-state index in [-0.39, 0.29) is 12.2 Å². The Morgan fingerprint density at radius 2 is 0.804 bits per heavy atom. The van der Waals surface area contributed by atoms with Crippen LogP contribution in [0, 0.1) is 23.7 Å². The molecule has 0 N–H and O–H groups in total. The van der Waals surface area contributed by atoms with E-state index in [1.807, 2.05) is 0 Å². The summed E-state index contributed by atoms with van der Waals surface area (Å²) in [5, 5.41) is 0. The van der Waals surface area contributed by atoms with Crippen LogP contribution in [0.1, 0.15) is 101 Å². The average Bonchev–Trinajstić information content (AvgIpc) is 3.03. The van der Waals surface area contributed by atoms with E-state index >= 15 is 0 Å². The molecule has 5 rings (SSSR count). The summed E-state index contributed by atoms with van der Waals surface area (Å²) in [6, 6.07) is 13.8. The van der Waals surface area contributed by atoms with Crippen LogP contribution >= 0.6 is 31.9 Å². The van der Waals surface area contributed by atoms with Crippen molar-refractivity contribution in [3.05, 3.63) is 58.7 Å². The molecule has 0 aromatic heterocycles. The first-order valence-electron chi connectivity index (χ1n) is 18.4. The van der Waals surface area contributed by atoms with Gasteiger partial charge in [-0.3, -0.25) is 0 Å². The van der Waals surface area contributed by atoms with Crippen LogP contribution in [0.25, 0.3) is 0 Å². The van der Waals surface area contributed by atoms with Gasteiger partial charge in [0.05, 0.1) is 25.4 Å². The quantitative estimate of drug-likeness (QED) is 0.202. The average molecular weight is 763 g/mol. The Morgan fingerprint density at radius 3 is 1.09 bits per heavy atom.